The number of ketones is 1. The third kappa shape index (κ3) is 5.40. The van der Waals surface area contributed by atoms with Gasteiger partial charge in [0.1, 0.15) is 5.78 Å². The van der Waals surface area contributed by atoms with Crippen molar-refractivity contribution in [1.82, 2.24) is 15.1 Å². The van der Waals surface area contributed by atoms with Crippen molar-refractivity contribution in [3.05, 3.63) is 0 Å². The Morgan fingerprint density at radius 2 is 1.77 bits per heavy atom. The zero-order valence-corrected chi connectivity index (χ0v) is 21.4. The van der Waals surface area contributed by atoms with Gasteiger partial charge in [-0.3, -0.25) is 24.1 Å². The van der Waals surface area contributed by atoms with Crippen LogP contribution in [0.3, 0.4) is 0 Å². The average Bonchev–Trinajstić information content (AvgIpc) is 2.89. The van der Waals surface area contributed by atoms with E-state index in [-0.39, 0.29) is 36.0 Å². The van der Waals surface area contributed by atoms with Gasteiger partial charge in [0, 0.05) is 13.5 Å². The van der Waals surface area contributed by atoms with E-state index in [1.54, 1.807) is 32.8 Å². The van der Waals surface area contributed by atoms with Gasteiger partial charge < -0.3 is 10.2 Å². The zero-order chi connectivity index (χ0) is 23.7. The zero-order valence-electron chi connectivity index (χ0n) is 19.7. The van der Waals surface area contributed by atoms with Crippen LogP contribution in [0.5, 0.6) is 0 Å². The maximum Gasteiger partial charge on any atom is 0.243 e. The van der Waals surface area contributed by atoms with Gasteiger partial charge in [-0.05, 0) is 67.7 Å². The van der Waals surface area contributed by atoms with Crippen LogP contribution in [0.2, 0.25) is 0 Å². The molecule has 0 aliphatic carbocycles. The van der Waals surface area contributed by atoms with E-state index < -0.39 is 21.1 Å². The topological polar surface area (TPSA) is 86.8 Å². The number of carbonyl (C=O) groups is 4. The molecule has 0 radical (unpaired) electrons. The molecule has 1 rings (SSSR count). The van der Waals surface area contributed by atoms with E-state index in [1.165, 1.54) is 23.6 Å². The van der Waals surface area contributed by atoms with Crippen molar-refractivity contribution in [2.24, 2.45) is 0 Å². The van der Waals surface area contributed by atoms with Crippen molar-refractivity contribution in [1.29, 1.82) is 0 Å². The summed E-state index contributed by atoms with van der Waals surface area (Å²) in [5.41, 5.74) is -1.74. The number of hydrogen-bond donors (Lipinski definition) is 2. The summed E-state index contributed by atoms with van der Waals surface area (Å²) in [5, 5.41) is 2.49. The summed E-state index contributed by atoms with van der Waals surface area (Å²) < 4.78 is -0.875. The van der Waals surface area contributed by atoms with Crippen molar-refractivity contribution < 1.29 is 19.2 Å². The van der Waals surface area contributed by atoms with Crippen LogP contribution in [0.25, 0.3) is 0 Å². The number of likely N-dealkylation sites (tertiary alicyclic amines) is 1. The molecule has 0 bridgehead atoms. The molecule has 2 atom stereocenters. The summed E-state index contributed by atoms with van der Waals surface area (Å²) >= 11 is 5.79. The van der Waals surface area contributed by atoms with Crippen molar-refractivity contribution in [2.45, 2.75) is 88.4 Å². The third-order valence-corrected chi connectivity index (χ3v) is 7.83. The van der Waals surface area contributed by atoms with Gasteiger partial charge in [0.25, 0.3) is 0 Å². The normalized spacial score (nSPS) is 19.3. The van der Waals surface area contributed by atoms with Gasteiger partial charge in [-0.1, -0.05) is 0 Å². The Hall–Kier alpha value is -1.06. The summed E-state index contributed by atoms with van der Waals surface area (Å²) in [4.78, 5) is 53.3. The quantitative estimate of drug-likeness (QED) is 0.385. The van der Waals surface area contributed by atoms with E-state index in [0.29, 0.717) is 12.2 Å². The molecule has 9 heteroatoms. The molecule has 1 heterocycles. The maximum atomic E-state index is 13.2. The molecule has 172 valence electrons. The highest BCUT2D eigenvalue weighted by atomic mass is 32.2. The number of amides is 3. The predicted octanol–water partition coefficient (Wildman–Crippen LogP) is 2.14. The molecule has 1 fully saturated rings. The second kappa shape index (κ2) is 9.61. The fraction of sp³-hybridized carbons (Fsp3) is 0.810. The molecule has 3 amide bonds. The summed E-state index contributed by atoms with van der Waals surface area (Å²) in [6, 6.07) is -0.250. The Kier molecular flexibility index (Phi) is 8.64. The highest BCUT2D eigenvalue weighted by Crippen LogP contribution is 2.39. The summed E-state index contributed by atoms with van der Waals surface area (Å²) in [5.74, 6) is -0.0118. The highest BCUT2D eigenvalue weighted by Gasteiger charge is 2.55. The highest BCUT2D eigenvalue weighted by molar-refractivity contribution is 8.00. The molecule has 0 aromatic rings. The summed E-state index contributed by atoms with van der Waals surface area (Å²) in [7, 11) is 3.41. The van der Waals surface area contributed by atoms with Gasteiger partial charge in [0.2, 0.25) is 17.7 Å². The van der Waals surface area contributed by atoms with Crippen LogP contribution in [-0.4, -0.2) is 80.3 Å². The van der Waals surface area contributed by atoms with Crippen molar-refractivity contribution in [3.63, 3.8) is 0 Å². The maximum absolute atomic E-state index is 13.2. The monoisotopic (exact) mass is 459 g/mol. The number of hydrogen-bond acceptors (Lipinski definition) is 7. The lowest BCUT2D eigenvalue weighted by atomic mass is 9.79. The Balaban J connectivity index is 2.99. The molecule has 2 unspecified atom stereocenters. The molecule has 0 spiro atoms. The first-order valence-corrected chi connectivity index (χ1v) is 11.7. The minimum atomic E-state index is -0.924. The van der Waals surface area contributed by atoms with Crippen LogP contribution < -0.4 is 5.32 Å². The number of nitrogens with one attached hydrogen (secondary N) is 1. The number of nitrogens with zero attached hydrogens (tertiary/aromatic N) is 2. The molecule has 30 heavy (non-hydrogen) atoms. The lowest BCUT2D eigenvalue weighted by Crippen LogP contribution is -2.68. The van der Waals surface area contributed by atoms with Gasteiger partial charge >= 0.3 is 0 Å². The minimum Gasteiger partial charge on any atom is -0.337 e. The summed E-state index contributed by atoms with van der Waals surface area (Å²) in [6.07, 6.45) is 0.723. The van der Waals surface area contributed by atoms with Crippen LogP contribution in [0.4, 0.5) is 0 Å². The first-order chi connectivity index (χ1) is 13.5. The van der Waals surface area contributed by atoms with Crippen LogP contribution in [0.15, 0.2) is 0 Å². The van der Waals surface area contributed by atoms with E-state index >= 15 is 0 Å². The smallest absolute Gasteiger partial charge is 0.243 e. The van der Waals surface area contributed by atoms with Gasteiger partial charge in [0.05, 0.1) is 27.1 Å². The molecule has 1 aliphatic heterocycles. The fourth-order valence-corrected chi connectivity index (χ4v) is 4.86. The number of thioether (sulfide) groups is 1. The minimum absolute atomic E-state index is 0.0521. The average molecular weight is 460 g/mol. The number of rotatable bonds is 10. The van der Waals surface area contributed by atoms with Gasteiger partial charge in [-0.15, -0.1) is 11.8 Å². The van der Waals surface area contributed by atoms with E-state index in [2.05, 4.69) is 17.9 Å². The number of likely N-dealkylation sites (N-methyl/N-ethyl adjacent to an activating group) is 2. The molecular weight excluding hydrogens is 422 g/mol. The summed E-state index contributed by atoms with van der Waals surface area (Å²) in [6.45, 7) is 12.3. The molecule has 7 nitrogen and oxygen atoms in total. The number of carbonyl (C=O) groups excluding carboxylic acids is 4. The van der Waals surface area contributed by atoms with Crippen LogP contribution in [0.1, 0.15) is 61.3 Å². The second-order valence-corrected chi connectivity index (χ2v) is 11.8. The number of thiol groups is 1. The van der Waals surface area contributed by atoms with Crippen molar-refractivity contribution in [3.8, 4) is 0 Å². The Morgan fingerprint density at radius 3 is 2.20 bits per heavy atom. The van der Waals surface area contributed by atoms with E-state index in [1.807, 2.05) is 27.7 Å². The fourth-order valence-electron chi connectivity index (χ4n) is 3.55. The first-order valence-electron chi connectivity index (χ1n) is 10.2. The largest absolute Gasteiger partial charge is 0.337 e. The van der Waals surface area contributed by atoms with E-state index in [9.17, 15) is 19.2 Å². The third-order valence-electron chi connectivity index (χ3n) is 6.39. The van der Waals surface area contributed by atoms with Gasteiger partial charge in [-0.2, -0.15) is 12.6 Å². The van der Waals surface area contributed by atoms with Crippen molar-refractivity contribution in [2.75, 3.05) is 19.8 Å². The van der Waals surface area contributed by atoms with Crippen molar-refractivity contribution >= 4 is 47.9 Å². The van der Waals surface area contributed by atoms with Crippen LogP contribution >= 0.6 is 24.4 Å². The molecule has 1 N–H and O–H groups in total. The molecule has 1 saturated heterocycles. The Bertz CT molecular complexity index is 701. The SMILES string of the molecule is CNC(CCSC1CC(=O)N(C(C)(C)C(C)(C)N(C)C(=O)C(C)(C)S)C1=O)C(C)=O. The van der Waals surface area contributed by atoms with Crippen LogP contribution in [0, 0.1) is 0 Å². The molecule has 0 aromatic carbocycles. The lowest BCUT2D eigenvalue weighted by Gasteiger charge is -2.52. The van der Waals surface area contributed by atoms with Gasteiger partial charge in [0.15, 0.2) is 0 Å². The second-order valence-electron chi connectivity index (χ2n) is 9.41. The lowest BCUT2D eigenvalue weighted by molar-refractivity contribution is -0.156. The number of imide groups is 1. The van der Waals surface area contributed by atoms with E-state index in [4.69, 9.17) is 0 Å². The van der Waals surface area contributed by atoms with E-state index in [0.717, 1.165) is 0 Å². The Morgan fingerprint density at radius 1 is 1.23 bits per heavy atom. The van der Waals surface area contributed by atoms with Crippen LogP contribution in [-0.2, 0) is 19.2 Å². The molecular formula is C21H37N3O4S2. The molecule has 0 saturated carbocycles. The van der Waals surface area contributed by atoms with Gasteiger partial charge in [-0.25, -0.2) is 0 Å². The standard InChI is InChI=1S/C21H37N3O4S2/c1-13(25)14(22-8)10-11-30-15-12-16(26)24(17(15)27)21(6,7)20(4,5)23(9)18(28)19(2,3)29/h14-15,22,29H,10-12H2,1-9H3. The predicted molar refractivity (Wildman–Crippen MR) is 125 cm³/mol. The molecule has 0 aromatic heterocycles. The first kappa shape index (κ1) is 27.0. The Labute approximate surface area is 190 Å². The molecule has 1 aliphatic rings. The number of Topliss-reactive ketones (excluding diaryl/α,β-unsaturated/α-hetero) is 1.